The van der Waals surface area contributed by atoms with Gasteiger partial charge in [0.25, 0.3) is 0 Å². The van der Waals surface area contributed by atoms with E-state index < -0.39 is 12.1 Å². The average molecular weight is 596 g/mol. The van der Waals surface area contributed by atoms with Crippen LogP contribution in [0, 0.1) is 35.5 Å². The minimum Gasteiger partial charge on any atom is -0.391 e. The molecule has 2 heterocycles. The van der Waals surface area contributed by atoms with Crippen LogP contribution < -0.4 is 5.32 Å². The molecule has 2 aliphatic rings. The van der Waals surface area contributed by atoms with Crippen LogP contribution in [-0.2, 0) is 9.59 Å². The third-order valence-corrected chi connectivity index (χ3v) is 10.8. The van der Waals surface area contributed by atoms with Crippen LogP contribution in [0.1, 0.15) is 111 Å². The van der Waals surface area contributed by atoms with Gasteiger partial charge >= 0.3 is 0 Å². The third kappa shape index (κ3) is 7.63. The quantitative estimate of drug-likeness (QED) is 0.361. The lowest BCUT2D eigenvalue weighted by molar-refractivity contribution is -0.147. The van der Waals surface area contributed by atoms with Gasteiger partial charge in [0.15, 0.2) is 0 Å². The van der Waals surface area contributed by atoms with E-state index in [1.807, 2.05) is 31.5 Å². The molecule has 0 spiro atoms. The second kappa shape index (κ2) is 13.2. The molecule has 4 atom stereocenters. The highest BCUT2D eigenvalue weighted by Crippen LogP contribution is 2.44. The number of thiazole rings is 1. The first-order valence-corrected chi connectivity index (χ1v) is 16.8. The topological polar surface area (TPSA) is 82.5 Å². The van der Waals surface area contributed by atoms with Crippen molar-refractivity contribution in [1.29, 1.82) is 0 Å². The number of aromatic nitrogens is 1. The van der Waals surface area contributed by atoms with Gasteiger partial charge in [-0.1, -0.05) is 78.6 Å². The lowest BCUT2D eigenvalue weighted by Crippen LogP contribution is -2.51. The molecular formula is C35H53N3O3S. The molecule has 1 saturated carbocycles. The Balaban J connectivity index is 1.46. The number of amides is 2. The highest BCUT2D eigenvalue weighted by atomic mass is 32.1. The maximum Gasteiger partial charge on any atom is 0.243 e. The van der Waals surface area contributed by atoms with E-state index >= 15 is 0 Å². The number of nitrogens with one attached hydrogen (secondary N) is 1. The Bertz CT molecular complexity index is 1200. The van der Waals surface area contributed by atoms with Crippen LogP contribution in [0.2, 0.25) is 0 Å². The van der Waals surface area contributed by atoms with E-state index in [2.05, 4.69) is 64.0 Å². The average Bonchev–Trinajstić information content (AvgIpc) is 3.49. The molecule has 232 valence electrons. The summed E-state index contributed by atoms with van der Waals surface area (Å²) >= 11 is 1.62. The van der Waals surface area contributed by atoms with Crippen molar-refractivity contribution in [3.8, 4) is 10.4 Å². The second-order valence-corrected chi connectivity index (χ2v) is 15.9. The minimum absolute atomic E-state index is 0.0362. The summed E-state index contributed by atoms with van der Waals surface area (Å²) in [7, 11) is 0. The molecule has 1 saturated heterocycles. The van der Waals surface area contributed by atoms with E-state index in [0.29, 0.717) is 11.3 Å². The first-order valence-electron chi connectivity index (χ1n) is 16.0. The van der Waals surface area contributed by atoms with Crippen molar-refractivity contribution < 1.29 is 14.7 Å². The summed E-state index contributed by atoms with van der Waals surface area (Å²) in [6.45, 7) is 17.7. The van der Waals surface area contributed by atoms with Gasteiger partial charge in [-0.05, 0) is 73.3 Å². The number of carbonyl (C=O) groups excluding carboxylic acids is 2. The largest absolute Gasteiger partial charge is 0.391 e. The fraction of sp³-hybridized carbons (Fsp3) is 0.686. The van der Waals surface area contributed by atoms with Crippen LogP contribution in [0.3, 0.4) is 0 Å². The molecule has 7 heteroatoms. The highest BCUT2D eigenvalue weighted by molar-refractivity contribution is 7.13. The molecule has 0 bridgehead atoms. The number of aliphatic hydroxyl groups excluding tert-OH is 1. The zero-order valence-corrected chi connectivity index (χ0v) is 27.9. The Morgan fingerprint density at radius 1 is 1.02 bits per heavy atom. The molecule has 42 heavy (non-hydrogen) atoms. The summed E-state index contributed by atoms with van der Waals surface area (Å²) in [5.41, 5.74) is 5.07. The van der Waals surface area contributed by atoms with E-state index in [-0.39, 0.29) is 42.2 Å². The molecule has 2 N–H and O–H groups in total. The Kier molecular flexibility index (Phi) is 10.2. The minimum atomic E-state index is -0.688. The van der Waals surface area contributed by atoms with Crippen molar-refractivity contribution in [2.45, 2.75) is 119 Å². The van der Waals surface area contributed by atoms with Gasteiger partial charge in [-0.15, -0.1) is 11.3 Å². The van der Waals surface area contributed by atoms with E-state index in [9.17, 15) is 14.7 Å². The van der Waals surface area contributed by atoms with Gasteiger partial charge in [-0.25, -0.2) is 4.98 Å². The van der Waals surface area contributed by atoms with Crippen LogP contribution >= 0.6 is 11.3 Å². The third-order valence-electron chi connectivity index (χ3n) is 9.79. The predicted octanol–water partition coefficient (Wildman–Crippen LogP) is 7.55. The monoisotopic (exact) mass is 595 g/mol. The van der Waals surface area contributed by atoms with Gasteiger partial charge < -0.3 is 15.3 Å². The number of likely N-dealkylation sites (tertiary alicyclic amines) is 1. The Labute approximate surface area is 257 Å². The molecule has 4 rings (SSSR count). The van der Waals surface area contributed by atoms with Crippen molar-refractivity contribution in [2.75, 3.05) is 6.54 Å². The SMILES string of the molecule is Cc1ncsc1-c1ccc([C@H](C)NC(=O)[C@@H]2C[C@@H](O)CN2C(=O)C(C2CCCC(C(C)(C)C)CCC2)C(C)(C)C)cc1. The normalized spacial score (nSPS) is 25.4. The maximum atomic E-state index is 14.3. The van der Waals surface area contributed by atoms with E-state index in [4.69, 9.17) is 0 Å². The number of aryl methyl sites for hydroxylation is 1. The van der Waals surface area contributed by atoms with Crippen LogP contribution in [-0.4, -0.2) is 45.5 Å². The lowest BCUT2D eigenvalue weighted by atomic mass is 9.66. The van der Waals surface area contributed by atoms with Gasteiger partial charge in [0.1, 0.15) is 6.04 Å². The predicted molar refractivity (Wildman–Crippen MR) is 172 cm³/mol. The summed E-state index contributed by atoms with van der Waals surface area (Å²) in [4.78, 5) is 35.2. The Morgan fingerprint density at radius 2 is 1.64 bits per heavy atom. The lowest BCUT2D eigenvalue weighted by Gasteiger charge is -2.41. The number of rotatable bonds is 6. The summed E-state index contributed by atoms with van der Waals surface area (Å²) in [5, 5.41) is 13.8. The molecule has 2 amide bonds. The molecule has 1 aliphatic heterocycles. The van der Waals surface area contributed by atoms with Crippen molar-refractivity contribution in [2.24, 2.45) is 28.6 Å². The van der Waals surface area contributed by atoms with E-state index in [0.717, 1.165) is 53.3 Å². The van der Waals surface area contributed by atoms with E-state index in [1.54, 1.807) is 16.2 Å². The number of carbonyl (C=O) groups is 2. The van der Waals surface area contributed by atoms with Crippen LogP contribution in [0.5, 0.6) is 0 Å². The number of benzene rings is 1. The van der Waals surface area contributed by atoms with E-state index in [1.165, 1.54) is 12.8 Å². The number of hydrogen-bond donors (Lipinski definition) is 2. The molecule has 1 aromatic heterocycles. The first-order chi connectivity index (χ1) is 19.7. The van der Waals surface area contributed by atoms with Crippen molar-refractivity contribution in [1.82, 2.24) is 15.2 Å². The number of β-amino-alcohol motifs (C(OH)–C–C–N with tert-alkyl or cyclic N) is 1. The molecule has 1 unspecified atom stereocenters. The molecule has 1 aliphatic carbocycles. The van der Waals surface area contributed by atoms with Crippen LogP contribution in [0.25, 0.3) is 10.4 Å². The van der Waals surface area contributed by atoms with Gasteiger partial charge in [0, 0.05) is 18.9 Å². The van der Waals surface area contributed by atoms with Crippen molar-refractivity contribution in [3.05, 3.63) is 41.0 Å². The van der Waals surface area contributed by atoms with Crippen molar-refractivity contribution in [3.63, 3.8) is 0 Å². The standard InChI is InChI=1S/C35H53N3O3S/c1-22(24-15-17-26(18-16-24)31-23(2)36-21-42-31)37-32(40)29-19-28(39)20-38(29)33(41)30(35(6,7)8)25-11-9-13-27(14-10-12-25)34(3,4)5/h15-18,21-22,25,27-30,39H,9-14,19-20H2,1-8H3,(H,37,40)/t22-,25?,27?,28+,29-,30?/m0/s1. The second-order valence-electron chi connectivity index (χ2n) is 15.0. The van der Waals surface area contributed by atoms with Gasteiger partial charge in [0.05, 0.1) is 28.2 Å². The molecule has 0 radical (unpaired) electrons. The zero-order valence-electron chi connectivity index (χ0n) is 27.1. The molecule has 2 aromatic rings. The van der Waals surface area contributed by atoms with Gasteiger partial charge in [-0.2, -0.15) is 0 Å². The van der Waals surface area contributed by atoms with Crippen molar-refractivity contribution >= 4 is 23.2 Å². The zero-order chi connectivity index (χ0) is 30.8. The Hall–Kier alpha value is -2.25. The fourth-order valence-corrected chi connectivity index (χ4v) is 8.21. The maximum absolute atomic E-state index is 14.3. The van der Waals surface area contributed by atoms with Crippen LogP contribution in [0.15, 0.2) is 29.8 Å². The first kappa shape index (κ1) is 32.7. The summed E-state index contributed by atoms with van der Waals surface area (Å²) < 4.78 is 0. The molecule has 6 nitrogen and oxygen atoms in total. The number of aliphatic hydroxyl groups is 1. The highest BCUT2D eigenvalue weighted by Gasteiger charge is 2.46. The number of hydrogen-bond acceptors (Lipinski definition) is 5. The Morgan fingerprint density at radius 3 is 2.17 bits per heavy atom. The fourth-order valence-electron chi connectivity index (χ4n) is 7.40. The number of nitrogens with zero attached hydrogens (tertiary/aromatic N) is 2. The van der Waals surface area contributed by atoms with Crippen LogP contribution in [0.4, 0.5) is 0 Å². The molecule has 2 fully saturated rings. The molecular weight excluding hydrogens is 542 g/mol. The summed E-state index contributed by atoms with van der Waals surface area (Å²) in [6, 6.07) is 7.35. The van der Waals surface area contributed by atoms with Gasteiger partial charge in [0.2, 0.25) is 11.8 Å². The van der Waals surface area contributed by atoms with Gasteiger partial charge in [-0.3, -0.25) is 9.59 Å². The summed E-state index contributed by atoms with van der Waals surface area (Å²) in [6.07, 6.45) is 6.37. The molecule has 1 aromatic carbocycles. The smallest absolute Gasteiger partial charge is 0.243 e. The summed E-state index contributed by atoms with van der Waals surface area (Å²) in [5.74, 6) is 0.685.